The van der Waals surface area contributed by atoms with Crippen molar-refractivity contribution >= 4 is 0 Å². The van der Waals surface area contributed by atoms with Crippen molar-refractivity contribution in [3.63, 3.8) is 0 Å². The zero-order chi connectivity index (χ0) is 11.4. The second kappa shape index (κ2) is 4.93. The summed E-state index contributed by atoms with van der Waals surface area (Å²) < 4.78 is 10.0. The third-order valence-corrected chi connectivity index (χ3v) is 2.25. The Morgan fingerprint density at radius 1 is 1.13 bits per heavy atom. The Labute approximate surface area is 89.1 Å². The predicted molar refractivity (Wildman–Crippen MR) is 55.2 cm³/mol. The van der Waals surface area contributed by atoms with E-state index in [2.05, 4.69) is 9.97 Å². The van der Waals surface area contributed by atoms with E-state index >= 15 is 0 Å². The molecule has 0 saturated carbocycles. The number of aliphatic hydroxyl groups excluding tert-OH is 1. The fourth-order valence-corrected chi connectivity index (χ4v) is 1.05. The van der Waals surface area contributed by atoms with Crippen molar-refractivity contribution in [2.45, 2.75) is 25.9 Å². The van der Waals surface area contributed by atoms with Crippen LogP contribution < -0.4 is 9.47 Å². The summed E-state index contributed by atoms with van der Waals surface area (Å²) >= 11 is 0. The Bertz CT molecular complexity index is 306. The van der Waals surface area contributed by atoms with E-state index in [1.807, 2.05) is 6.92 Å². The quantitative estimate of drug-likeness (QED) is 0.805. The standard InChI is InChI=1S/C10H16N2O3/c1-6(7(2)13)10-11-8(14-3)5-9(12-10)15-4/h5-7,13H,1-4H3. The summed E-state index contributed by atoms with van der Waals surface area (Å²) in [4.78, 5) is 8.30. The summed E-state index contributed by atoms with van der Waals surface area (Å²) in [6, 6.07) is 1.60. The van der Waals surface area contributed by atoms with Gasteiger partial charge in [0.1, 0.15) is 5.82 Å². The molecule has 1 N–H and O–H groups in total. The Morgan fingerprint density at radius 2 is 1.60 bits per heavy atom. The number of ether oxygens (including phenoxy) is 2. The van der Waals surface area contributed by atoms with Crippen LogP contribution in [-0.4, -0.2) is 35.4 Å². The topological polar surface area (TPSA) is 64.5 Å². The van der Waals surface area contributed by atoms with Gasteiger partial charge in [-0.3, -0.25) is 0 Å². The fourth-order valence-electron chi connectivity index (χ4n) is 1.05. The molecule has 0 fully saturated rings. The van der Waals surface area contributed by atoms with Gasteiger partial charge in [0.25, 0.3) is 0 Å². The second-order valence-corrected chi connectivity index (χ2v) is 3.34. The fraction of sp³-hybridized carbons (Fsp3) is 0.600. The number of hydrogen-bond acceptors (Lipinski definition) is 5. The summed E-state index contributed by atoms with van der Waals surface area (Å²) in [5.41, 5.74) is 0. The molecule has 0 aromatic carbocycles. The van der Waals surface area contributed by atoms with Gasteiger partial charge in [0.05, 0.1) is 26.4 Å². The van der Waals surface area contributed by atoms with Crippen molar-refractivity contribution in [2.75, 3.05) is 14.2 Å². The highest BCUT2D eigenvalue weighted by Gasteiger charge is 2.17. The van der Waals surface area contributed by atoms with E-state index in [-0.39, 0.29) is 5.92 Å². The molecule has 2 unspecified atom stereocenters. The molecule has 1 aromatic rings. The maximum atomic E-state index is 9.44. The summed E-state index contributed by atoms with van der Waals surface area (Å²) in [7, 11) is 3.05. The lowest BCUT2D eigenvalue weighted by atomic mass is 10.1. The van der Waals surface area contributed by atoms with Crippen LogP contribution in [0.4, 0.5) is 0 Å². The number of aliphatic hydroxyl groups is 1. The molecule has 1 rings (SSSR count). The number of aromatic nitrogens is 2. The zero-order valence-electron chi connectivity index (χ0n) is 9.39. The van der Waals surface area contributed by atoms with Gasteiger partial charge in [0, 0.05) is 5.92 Å². The lowest BCUT2D eigenvalue weighted by Crippen LogP contribution is -2.14. The van der Waals surface area contributed by atoms with E-state index in [1.54, 1.807) is 13.0 Å². The van der Waals surface area contributed by atoms with Crippen molar-refractivity contribution in [3.05, 3.63) is 11.9 Å². The molecule has 0 aliphatic rings. The minimum absolute atomic E-state index is 0.158. The molecule has 1 heterocycles. The summed E-state index contributed by atoms with van der Waals surface area (Å²) in [5.74, 6) is 1.23. The Kier molecular flexibility index (Phi) is 3.85. The Balaban J connectivity index is 3.06. The van der Waals surface area contributed by atoms with Crippen LogP contribution in [0.1, 0.15) is 25.6 Å². The molecule has 0 bridgehead atoms. The minimum Gasteiger partial charge on any atom is -0.481 e. The van der Waals surface area contributed by atoms with Gasteiger partial charge in [0.15, 0.2) is 0 Å². The predicted octanol–water partition coefficient (Wildman–Crippen LogP) is 0.978. The highest BCUT2D eigenvalue weighted by molar-refractivity contribution is 5.22. The molecular weight excluding hydrogens is 196 g/mol. The number of nitrogens with zero attached hydrogens (tertiary/aromatic N) is 2. The summed E-state index contributed by atoms with van der Waals surface area (Å²) in [6.45, 7) is 3.54. The third kappa shape index (κ3) is 2.79. The zero-order valence-corrected chi connectivity index (χ0v) is 9.39. The lowest BCUT2D eigenvalue weighted by Gasteiger charge is -2.14. The van der Waals surface area contributed by atoms with Crippen LogP contribution in [0.3, 0.4) is 0 Å². The molecule has 0 saturated heterocycles. The van der Waals surface area contributed by atoms with E-state index in [1.165, 1.54) is 14.2 Å². The van der Waals surface area contributed by atoms with Crippen LogP contribution >= 0.6 is 0 Å². The van der Waals surface area contributed by atoms with Gasteiger partial charge < -0.3 is 14.6 Å². The van der Waals surface area contributed by atoms with Crippen molar-refractivity contribution in [3.8, 4) is 11.8 Å². The van der Waals surface area contributed by atoms with E-state index in [0.717, 1.165) is 0 Å². The maximum absolute atomic E-state index is 9.44. The monoisotopic (exact) mass is 212 g/mol. The maximum Gasteiger partial charge on any atom is 0.220 e. The van der Waals surface area contributed by atoms with Crippen LogP contribution in [0.5, 0.6) is 11.8 Å². The average molecular weight is 212 g/mol. The molecule has 5 nitrogen and oxygen atoms in total. The Morgan fingerprint density at radius 3 is 1.93 bits per heavy atom. The molecule has 0 amide bonds. The SMILES string of the molecule is COc1cc(OC)nc(C(C)C(C)O)n1. The molecule has 84 valence electrons. The first-order valence-electron chi connectivity index (χ1n) is 4.73. The smallest absolute Gasteiger partial charge is 0.220 e. The van der Waals surface area contributed by atoms with Gasteiger partial charge in [-0.15, -0.1) is 0 Å². The number of hydrogen-bond donors (Lipinski definition) is 1. The van der Waals surface area contributed by atoms with Gasteiger partial charge >= 0.3 is 0 Å². The minimum atomic E-state index is -0.512. The van der Waals surface area contributed by atoms with Gasteiger partial charge in [-0.1, -0.05) is 6.92 Å². The molecule has 1 aromatic heterocycles. The molecule has 5 heteroatoms. The molecular formula is C10H16N2O3. The van der Waals surface area contributed by atoms with Gasteiger partial charge in [0.2, 0.25) is 11.8 Å². The summed E-state index contributed by atoms with van der Waals surface area (Å²) in [5, 5.41) is 9.44. The van der Waals surface area contributed by atoms with Gasteiger partial charge in [-0.2, -0.15) is 9.97 Å². The first kappa shape index (κ1) is 11.7. The first-order valence-corrected chi connectivity index (χ1v) is 4.73. The van der Waals surface area contributed by atoms with Gasteiger partial charge in [-0.25, -0.2) is 0 Å². The van der Waals surface area contributed by atoms with E-state index < -0.39 is 6.10 Å². The van der Waals surface area contributed by atoms with Crippen molar-refractivity contribution in [1.29, 1.82) is 0 Å². The molecule has 15 heavy (non-hydrogen) atoms. The number of methoxy groups -OCH3 is 2. The highest BCUT2D eigenvalue weighted by atomic mass is 16.5. The molecule has 0 aliphatic heterocycles. The normalized spacial score (nSPS) is 14.5. The van der Waals surface area contributed by atoms with Crippen LogP contribution in [0.25, 0.3) is 0 Å². The van der Waals surface area contributed by atoms with E-state index in [9.17, 15) is 5.11 Å². The lowest BCUT2D eigenvalue weighted by molar-refractivity contribution is 0.164. The van der Waals surface area contributed by atoms with Crippen LogP contribution in [0, 0.1) is 0 Å². The van der Waals surface area contributed by atoms with Crippen molar-refractivity contribution in [1.82, 2.24) is 9.97 Å². The largest absolute Gasteiger partial charge is 0.481 e. The van der Waals surface area contributed by atoms with E-state index in [0.29, 0.717) is 17.6 Å². The third-order valence-electron chi connectivity index (χ3n) is 2.25. The average Bonchev–Trinajstić information content (AvgIpc) is 2.27. The number of rotatable bonds is 4. The Hall–Kier alpha value is -1.36. The molecule has 2 atom stereocenters. The van der Waals surface area contributed by atoms with Crippen LogP contribution in [-0.2, 0) is 0 Å². The first-order chi connectivity index (χ1) is 7.08. The second-order valence-electron chi connectivity index (χ2n) is 3.34. The van der Waals surface area contributed by atoms with Gasteiger partial charge in [-0.05, 0) is 6.92 Å². The highest BCUT2D eigenvalue weighted by Crippen LogP contribution is 2.21. The molecule has 0 aliphatic carbocycles. The van der Waals surface area contributed by atoms with Crippen LogP contribution in [0.2, 0.25) is 0 Å². The van der Waals surface area contributed by atoms with Crippen LogP contribution in [0.15, 0.2) is 6.07 Å². The molecule has 0 radical (unpaired) electrons. The van der Waals surface area contributed by atoms with E-state index in [4.69, 9.17) is 9.47 Å². The van der Waals surface area contributed by atoms with Crippen molar-refractivity contribution < 1.29 is 14.6 Å². The molecule has 0 spiro atoms. The van der Waals surface area contributed by atoms with Crippen molar-refractivity contribution in [2.24, 2.45) is 0 Å². The summed E-state index contributed by atoms with van der Waals surface area (Å²) in [6.07, 6.45) is -0.512.